The van der Waals surface area contributed by atoms with Crippen LogP contribution >= 0.6 is 11.8 Å². The van der Waals surface area contributed by atoms with Crippen LogP contribution < -0.4 is 0 Å². The van der Waals surface area contributed by atoms with Crippen LogP contribution in [0, 0.1) is 11.3 Å². The number of hydrogen-bond donors (Lipinski definition) is 0. The van der Waals surface area contributed by atoms with Crippen LogP contribution in [-0.4, -0.2) is 41.5 Å². The Bertz CT molecular complexity index is 190. The normalized spacial score (nSPS) is 25.8. The topological polar surface area (TPSA) is 30.3 Å². The van der Waals surface area contributed by atoms with Gasteiger partial charge in [0.25, 0.3) is 0 Å². The fraction of sp³-hybridized carbons (Fsp3) is 0.889. The van der Waals surface area contributed by atoms with Crippen LogP contribution in [0.4, 0.5) is 0 Å². The third kappa shape index (κ3) is 3.51. The molecule has 13 heavy (non-hydrogen) atoms. The third-order valence-corrected chi connectivity index (χ3v) is 2.76. The predicted molar refractivity (Wildman–Crippen MR) is 53.3 cm³/mol. The van der Waals surface area contributed by atoms with E-state index in [0.29, 0.717) is 12.5 Å². The third-order valence-electron chi connectivity index (χ3n) is 2.45. The van der Waals surface area contributed by atoms with E-state index in [-0.39, 0.29) is 0 Å². The van der Waals surface area contributed by atoms with Gasteiger partial charge < -0.3 is 0 Å². The highest BCUT2D eigenvalue weighted by atomic mass is 35.5. The van der Waals surface area contributed by atoms with E-state index in [2.05, 4.69) is 17.9 Å². The summed E-state index contributed by atoms with van der Waals surface area (Å²) < 4.78 is 1.84. The molecule has 0 bridgehead atoms. The maximum atomic E-state index is 8.41. The average molecular weight is 202 g/mol. The Morgan fingerprint density at radius 3 is 2.92 bits per heavy atom. The Labute approximate surface area is 85.0 Å². The van der Waals surface area contributed by atoms with Crippen LogP contribution in [0.25, 0.3) is 0 Å². The van der Waals surface area contributed by atoms with Crippen molar-refractivity contribution in [2.24, 2.45) is 0 Å². The minimum absolute atomic E-state index is 0.518. The highest BCUT2D eigenvalue weighted by Gasteiger charge is 2.21. The van der Waals surface area contributed by atoms with Crippen molar-refractivity contribution in [1.29, 1.82) is 5.26 Å². The molecule has 1 atom stereocenters. The van der Waals surface area contributed by atoms with Crippen LogP contribution in [0.2, 0.25) is 0 Å². The van der Waals surface area contributed by atoms with Gasteiger partial charge in [0.15, 0.2) is 0 Å². The Morgan fingerprint density at radius 1 is 1.54 bits per heavy atom. The second-order valence-electron chi connectivity index (χ2n) is 3.52. The lowest BCUT2D eigenvalue weighted by molar-refractivity contribution is 0.130. The van der Waals surface area contributed by atoms with Crippen LogP contribution in [0.5, 0.6) is 0 Å². The number of unbranched alkanes of at least 4 members (excludes halogenated alkanes) is 1. The molecule has 3 nitrogen and oxygen atoms in total. The van der Waals surface area contributed by atoms with Gasteiger partial charge in [-0.15, -0.1) is 0 Å². The molecule has 0 aliphatic carbocycles. The van der Waals surface area contributed by atoms with E-state index in [9.17, 15) is 0 Å². The van der Waals surface area contributed by atoms with E-state index in [4.69, 9.17) is 17.0 Å². The summed E-state index contributed by atoms with van der Waals surface area (Å²) in [5.74, 6) is 0. The second kappa shape index (κ2) is 5.43. The van der Waals surface area contributed by atoms with E-state index in [1.165, 1.54) is 0 Å². The largest absolute Gasteiger partial charge is 0.298 e. The minimum Gasteiger partial charge on any atom is -0.298 e. The number of hydrogen-bond acceptors (Lipinski definition) is 3. The van der Waals surface area contributed by atoms with Crippen molar-refractivity contribution >= 4 is 11.8 Å². The number of nitrogens with zero attached hydrogens (tertiary/aromatic N) is 3. The number of piperazine rings is 1. The van der Waals surface area contributed by atoms with Gasteiger partial charge in [-0.1, -0.05) is 0 Å². The van der Waals surface area contributed by atoms with Crippen LogP contribution in [-0.2, 0) is 0 Å². The molecular weight excluding hydrogens is 186 g/mol. The summed E-state index contributed by atoms with van der Waals surface area (Å²) in [6.07, 6.45) is 1.64. The highest BCUT2D eigenvalue weighted by Crippen LogP contribution is 2.11. The zero-order chi connectivity index (χ0) is 9.68. The van der Waals surface area contributed by atoms with Crippen molar-refractivity contribution in [3.05, 3.63) is 0 Å². The fourth-order valence-electron chi connectivity index (χ4n) is 1.64. The molecule has 1 aliphatic heterocycles. The van der Waals surface area contributed by atoms with E-state index in [1.807, 2.05) is 4.42 Å². The SMILES string of the molecule is CC1CN(Cl)CCN1CCCC#N. The van der Waals surface area contributed by atoms with Crippen molar-refractivity contribution < 1.29 is 0 Å². The predicted octanol–water partition coefficient (Wildman–Crippen LogP) is 1.45. The standard InChI is InChI=1S/C9H16ClN3/c1-9-8-13(10)7-6-12(9)5-3-2-4-11/h9H,2-3,5-8H2,1H3. The Balaban J connectivity index is 2.22. The van der Waals surface area contributed by atoms with Crippen molar-refractivity contribution in [3.8, 4) is 6.07 Å². The second-order valence-corrected chi connectivity index (χ2v) is 3.99. The lowest BCUT2D eigenvalue weighted by Gasteiger charge is -2.36. The summed E-state index contributed by atoms with van der Waals surface area (Å²) in [6.45, 7) is 6.09. The van der Waals surface area contributed by atoms with Gasteiger partial charge >= 0.3 is 0 Å². The van der Waals surface area contributed by atoms with Crippen molar-refractivity contribution in [2.45, 2.75) is 25.8 Å². The molecule has 1 saturated heterocycles. The number of rotatable bonds is 3. The van der Waals surface area contributed by atoms with Gasteiger partial charge in [-0.2, -0.15) is 5.26 Å². The first-order valence-corrected chi connectivity index (χ1v) is 5.09. The summed E-state index contributed by atoms with van der Waals surface area (Å²) in [7, 11) is 0. The van der Waals surface area contributed by atoms with Crippen molar-refractivity contribution in [2.75, 3.05) is 26.2 Å². The molecule has 1 aliphatic rings. The smallest absolute Gasteiger partial charge is 0.0622 e. The van der Waals surface area contributed by atoms with Gasteiger partial charge in [-0.05, 0) is 31.7 Å². The van der Waals surface area contributed by atoms with Gasteiger partial charge in [0.1, 0.15) is 0 Å². The molecule has 1 fully saturated rings. The molecule has 0 radical (unpaired) electrons. The first-order chi connectivity index (χ1) is 6.24. The molecule has 4 heteroatoms. The molecule has 0 aromatic rings. The van der Waals surface area contributed by atoms with E-state index >= 15 is 0 Å². The van der Waals surface area contributed by atoms with Crippen molar-refractivity contribution in [1.82, 2.24) is 9.32 Å². The molecule has 0 saturated carbocycles. The number of halogens is 1. The first kappa shape index (κ1) is 10.8. The highest BCUT2D eigenvalue weighted by molar-refractivity contribution is 6.13. The summed E-state index contributed by atoms with van der Waals surface area (Å²) in [5, 5.41) is 8.41. The fourth-order valence-corrected chi connectivity index (χ4v) is 1.92. The maximum absolute atomic E-state index is 8.41. The lowest BCUT2D eigenvalue weighted by Crippen LogP contribution is -2.48. The molecule has 0 spiro atoms. The summed E-state index contributed by atoms with van der Waals surface area (Å²) >= 11 is 5.89. The van der Waals surface area contributed by atoms with Crippen molar-refractivity contribution in [3.63, 3.8) is 0 Å². The molecule has 0 N–H and O–H groups in total. The van der Waals surface area contributed by atoms with E-state index in [1.54, 1.807) is 0 Å². The monoisotopic (exact) mass is 201 g/mol. The minimum atomic E-state index is 0.518. The summed E-state index contributed by atoms with van der Waals surface area (Å²) in [6, 6.07) is 2.69. The Kier molecular flexibility index (Phi) is 4.51. The molecule has 1 unspecified atom stereocenters. The van der Waals surface area contributed by atoms with Gasteiger partial charge in [-0.3, -0.25) is 4.90 Å². The Morgan fingerprint density at radius 2 is 2.31 bits per heavy atom. The maximum Gasteiger partial charge on any atom is 0.0622 e. The quantitative estimate of drug-likeness (QED) is 0.512. The molecule has 74 valence electrons. The molecule has 1 heterocycles. The molecule has 0 aromatic carbocycles. The zero-order valence-corrected chi connectivity index (χ0v) is 8.80. The van der Waals surface area contributed by atoms with E-state index in [0.717, 1.165) is 32.6 Å². The zero-order valence-electron chi connectivity index (χ0n) is 8.04. The van der Waals surface area contributed by atoms with Crippen LogP contribution in [0.3, 0.4) is 0 Å². The summed E-state index contributed by atoms with van der Waals surface area (Å²) in [4.78, 5) is 2.40. The van der Waals surface area contributed by atoms with Crippen LogP contribution in [0.15, 0.2) is 0 Å². The molecule has 1 rings (SSSR count). The van der Waals surface area contributed by atoms with Gasteiger partial charge in [-0.25, -0.2) is 4.42 Å². The average Bonchev–Trinajstić information content (AvgIpc) is 2.09. The first-order valence-electron chi connectivity index (χ1n) is 4.75. The lowest BCUT2D eigenvalue weighted by atomic mass is 10.2. The Hall–Kier alpha value is -0.300. The van der Waals surface area contributed by atoms with Gasteiger partial charge in [0.2, 0.25) is 0 Å². The van der Waals surface area contributed by atoms with E-state index < -0.39 is 0 Å². The van der Waals surface area contributed by atoms with Crippen LogP contribution in [0.1, 0.15) is 19.8 Å². The molecular formula is C9H16ClN3. The van der Waals surface area contributed by atoms with Gasteiger partial charge in [0.05, 0.1) is 6.07 Å². The molecule has 0 aromatic heterocycles. The molecule has 0 amide bonds. The van der Waals surface area contributed by atoms with Gasteiger partial charge in [0, 0.05) is 32.1 Å². The summed E-state index contributed by atoms with van der Waals surface area (Å²) in [5.41, 5.74) is 0. The number of nitriles is 1.